The average Bonchev–Trinajstić information content (AvgIpc) is 2.08. The summed E-state index contributed by atoms with van der Waals surface area (Å²) in [4.78, 5) is 10.5. The van der Waals surface area contributed by atoms with Gasteiger partial charge in [0, 0.05) is 9.13 Å². The number of ether oxygens (including phenoxy) is 1. The maximum atomic E-state index is 10.5. The first kappa shape index (κ1) is 10.3. The Morgan fingerprint density at radius 1 is 1.62 bits per heavy atom. The highest BCUT2D eigenvalue weighted by atomic mass is 127. The predicted molar refractivity (Wildman–Crippen MR) is 57.1 cm³/mol. The molecule has 0 fully saturated rings. The Morgan fingerprint density at radius 2 is 2.31 bits per heavy atom. The summed E-state index contributed by atoms with van der Waals surface area (Å²) in [5.41, 5.74) is 0.734. The fraction of sp³-hybridized carbons (Fsp3) is 0.222. The third-order valence-corrected chi connectivity index (χ3v) is 2.63. The fourth-order valence-corrected chi connectivity index (χ4v) is 1.72. The second-order valence-electron chi connectivity index (χ2n) is 2.49. The normalized spacial score (nSPS) is 9.69. The molecule has 13 heavy (non-hydrogen) atoms. The zero-order valence-corrected chi connectivity index (χ0v) is 9.24. The molecule has 4 heteroatoms. The average molecular weight is 292 g/mol. The quantitative estimate of drug-likeness (QED) is 0.866. The molecular weight excluding hydrogens is 283 g/mol. The zero-order chi connectivity index (χ0) is 9.84. The van der Waals surface area contributed by atoms with Crippen LogP contribution in [0.5, 0.6) is 5.75 Å². The van der Waals surface area contributed by atoms with Crippen molar-refractivity contribution < 1.29 is 14.6 Å². The van der Waals surface area contributed by atoms with Crippen molar-refractivity contribution in [3.8, 4) is 5.75 Å². The Balaban J connectivity index is 3.07. The third-order valence-electron chi connectivity index (χ3n) is 1.62. The van der Waals surface area contributed by atoms with E-state index in [0.29, 0.717) is 5.75 Å². The lowest BCUT2D eigenvalue weighted by Crippen LogP contribution is -2.04. The molecule has 0 aromatic heterocycles. The minimum absolute atomic E-state index is 0.00227. The van der Waals surface area contributed by atoms with Gasteiger partial charge in [0.2, 0.25) is 0 Å². The lowest BCUT2D eigenvalue weighted by Gasteiger charge is -2.07. The molecule has 1 N–H and O–H groups in total. The molecule has 0 heterocycles. The highest BCUT2D eigenvalue weighted by Crippen LogP contribution is 2.23. The topological polar surface area (TPSA) is 46.5 Å². The molecule has 1 rings (SSSR count). The van der Waals surface area contributed by atoms with Gasteiger partial charge in [0.05, 0.1) is 13.5 Å². The van der Waals surface area contributed by atoms with E-state index in [2.05, 4.69) is 22.6 Å². The van der Waals surface area contributed by atoms with Crippen molar-refractivity contribution in [1.82, 2.24) is 0 Å². The lowest BCUT2D eigenvalue weighted by molar-refractivity contribution is -0.136. The maximum absolute atomic E-state index is 10.5. The Morgan fingerprint density at radius 3 is 2.85 bits per heavy atom. The van der Waals surface area contributed by atoms with Crippen LogP contribution in [0.2, 0.25) is 0 Å². The van der Waals surface area contributed by atoms with Gasteiger partial charge in [0.1, 0.15) is 5.75 Å². The molecule has 70 valence electrons. The molecule has 0 atom stereocenters. The second-order valence-corrected chi connectivity index (χ2v) is 3.65. The van der Waals surface area contributed by atoms with Crippen LogP contribution in [0.4, 0.5) is 0 Å². The van der Waals surface area contributed by atoms with Gasteiger partial charge in [-0.2, -0.15) is 0 Å². The van der Waals surface area contributed by atoms with Gasteiger partial charge in [-0.25, -0.2) is 0 Å². The molecule has 0 aliphatic carbocycles. The Hall–Kier alpha value is -0.780. The van der Waals surface area contributed by atoms with E-state index in [0.717, 1.165) is 9.13 Å². The minimum atomic E-state index is -0.845. The van der Waals surface area contributed by atoms with Gasteiger partial charge in [-0.1, -0.05) is 6.07 Å². The highest BCUT2D eigenvalue weighted by molar-refractivity contribution is 14.1. The summed E-state index contributed by atoms with van der Waals surface area (Å²) in [6.45, 7) is 0. The molecule has 0 spiro atoms. The van der Waals surface area contributed by atoms with E-state index in [4.69, 9.17) is 9.84 Å². The second kappa shape index (κ2) is 4.45. The third kappa shape index (κ3) is 2.58. The number of hydrogen-bond acceptors (Lipinski definition) is 2. The number of aliphatic carboxylic acids is 1. The summed E-state index contributed by atoms with van der Waals surface area (Å²) < 4.78 is 5.97. The van der Waals surface area contributed by atoms with Crippen molar-refractivity contribution >= 4 is 28.6 Å². The number of carboxylic acid groups (broad SMARTS) is 1. The van der Waals surface area contributed by atoms with Gasteiger partial charge in [-0.15, -0.1) is 0 Å². The van der Waals surface area contributed by atoms with Crippen molar-refractivity contribution in [3.63, 3.8) is 0 Å². The number of carbonyl (C=O) groups is 1. The van der Waals surface area contributed by atoms with Crippen molar-refractivity contribution in [3.05, 3.63) is 27.3 Å². The van der Waals surface area contributed by atoms with Gasteiger partial charge in [-0.05, 0) is 34.7 Å². The van der Waals surface area contributed by atoms with E-state index < -0.39 is 5.97 Å². The van der Waals surface area contributed by atoms with Crippen LogP contribution in [0.15, 0.2) is 18.2 Å². The Labute approximate surface area is 89.9 Å². The van der Waals surface area contributed by atoms with E-state index in [1.807, 2.05) is 12.1 Å². The number of benzene rings is 1. The maximum Gasteiger partial charge on any atom is 0.307 e. The first-order valence-corrected chi connectivity index (χ1v) is 4.76. The van der Waals surface area contributed by atoms with E-state index in [9.17, 15) is 4.79 Å². The van der Waals surface area contributed by atoms with Crippen LogP contribution in [-0.2, 0) is 11.2 Å². The van der Waals surface area contributed by atoms with Crippen LogP contribution in [0.25, 0.3) is 0 Å². The van der Waals surface area contributed by atoms with Gasteiger partial charge in [0.15, 0.2) is 0 Å². The highest BCUT2D eigenvalue weighted by Gasteiger charge is 2.10. The Bertz CT molecular complexity index is 323. The number of rotatable bonds is 3. The molecule has 0 saturated carbocycles. The summed E-state index contributed by atoms with van der Waals surface area (Å²) in [5, 5.41) is 8.65. The van der Waals surface area contributed by atoms with Crippen molar-refractivity contribution in [2.24, 2.45) is 0 Å². The molecule has 0 bridgehead atoms. The standard InChI is InChI=1S/C9H9IO3/c1-13-8-4-2-3-7(10)6(8)5-9(11)12/h2-4H,5H2,1H3,(H,11,12). The van der Waals surface area contributed by atoms with E-state index in [-0.39, 0.29) is 6.42 Å². The molecule has 0 aliphatic rings. The van der Waals surface area contributed by atoms with Gasteiger partial charge in [0.25, 0.3) is 0 Å². The van der Waals surface area contributed by atoms with Gasteiger partial charge < -0.3 is 9.84 Å². The van der Waals surface area contributed by atoms with Crippen LogP contribution in [0.1, 0.15) is 5.56 Å². The molecule has 0 amide bonds. The minimum Gasteiger partial charge on any atom is -0.496 e. The van der Waals surface area contributed by atoms with Crippen LogP contribution in [-0.4, -0.2) is 18.2 Å². The monoisotopic (exact) mass is 292 g/mol. The molecule has 3 nitrogen and oxygen atoms in total. The molecule has 1 aromatic rings. The largest absolute Gasteiger partial charge is 0.496 e. The molecule has 0 radical (unpaired) electrons. The van der Waals surface area contributed by atoms with Gasteiger partial charge in [-0.3, -0.25) is 4.79 Å². The van der Waals surface area contributed by atoms with E-state index >= 15 is 0 Å². The van der Waals surface area contributed by atoms with E-state index in [1.54, 1.807) is 6.07 Å². The first-order valence-electron chi connectivity index (χ1n) is 3.68. The number of hydrogen-bond donors (Lipinski definition) is 1. The number of halogens is 1. The number of carboxylic acids is 1. The fourth-order valence-electron chi connectivity index (χ4n) is 1.05. The smallest absolute Gasteiger partial charge is 0.307 e. The SMILES string of the molecule is COc1cccc(I)c1CC(=O)O. The van der Waals surface area contributed by atoms with Crippen molar-refractivity contribution in [1.29, 1.82) is 0 Å². The Kier molecular flexibility index (Phi) is 3.53. The summed E-state index contributed by atoms with van der Waals surface area (Å²) in [7, 11) is 1.54. The zero-order valence-electron chi connectivity index (χ0n) is 7.08. The molecule has 0 aliphatic heterocycles. The van der Waals surface area contributed by atoms with Crippen molar-refractivity contribution in [2.45, 2.75) is 6.42 Å². The van der Waals surface area contributed by atoms with Crippen LogP contribution in [0, 0.1) is 3.57 Å². The summed E-state index contributed by atoms with van der Waals surface area (Å²) in [5.74, 6) is -0.211. The number of methoxy groups -OCH3 is 1. The van der Waals surface area contributed by atoms with Crippen molar-refractivity contribution in [2.75, 3.05) is 7.11 Å². The van der Waals surface area contributed by atoms with E-state index in [1.165, 1.54) is 7.11 Å². The first-order chi connectivity index (χ1) is 6.15. The predicted octanol–water partition coefficient (Wildman–Crippen LogP) is 1.93. The summed E-state index contributed by atoms with van der Waals surface area (Å²) in [6, 6.07) is 5.47. The molecular formula is C9H9IO3. The molecule has 1 aromatic carbocycles. The molecule has 0 unspecified atom stereocenters. The van der Waals surface area contributed by atoms with Crippen LogP contribution >= 0.6 is 22.6 Å². The van der Waals surface area contributed by atoms with Crippen LogP contribution in [0.3, 0.4) is 0 Å². The van der Waals surface area contributed by atoms with Gasteiger partial charge >= 0.3 is 5.97 Å². The summed E-state index contributed by atoms with van der Waals surface area (Å²) >= 11 is 2.10. The van der Waals surface area contributed by atoms with Crippen LogP contribution < -0.4 is 4.74 Å². The summed E-state index contributed by atoms with van der Waals surface area (Å²) in [6.07, 6.45) is 0.00227. The molecule has 0 saturated heterocycles. The lowest BCUT2D eigenvalue weighted by atomic mass is 10.1.